The van der Waals surface area contributed by atoms with Crippen LogP contribution in [0.5, 0.6) is 5.75 Å². The summed E-state index contributed by atoms with van der Waals surface area (Å²) in [7, 11) is 1.65. The minimum atomic E-state index is -0.0609. The van der Waals surface area contributed by atoms with Crippen LogP contribution in [0.25, 0.3) is 10.9 Å². The Hall–Kier alpha value is -2.18. The van der Waals surface area contributed by atoms with E-state index in [1.165, 1.54) is 0 Å². The molecule has 0 bridgehead atoms. The second-order valence-electron chi connectivity index (χ2n) is 8.51. The van der Waals surface area contributed by atoms with Gasteiger partial charge >= 0.3 is 0 Å². The maximum absolute atomic E-state index is 12.9. The lowest BCUT2D eigenvalue weighted by molar-refractivity contribution is 0.0907. The normalized spacial score (nSPS) is 36.0. The fourth-order valence-electron chi connectivity index (χ4n) is 6.38. The number of carbonyl (C=O) groups is 1. The van der Waals surface area contributed by atoms with Gasteiger partial charge in [-0.2, -0.15) is 0 Å². The maximum Gasteiger partial charge on any atom is 0.253 e. The summed E-state index contributed by atoms with van der Waals surface area (Å²) in [5.74, 6) is 0.758. The lowest BCUT2D eigenvalue weighted by atomic mass is 9.82. The third kappa shape index (κ3) is 1.74. The predicted octanol–water partition coefficient (Wildman–Crippen LogP) is 1.60. The van der Waals surface area contributed by atoms with Crippen LogP contribution in [0.1, 0.15) is 41.7 Å². The number of piperidine rings is 1. The van der Waals surface area contributed by atoms with E-state index in [0.717, 1.165) is 60.1 Å². The fourth-order valence-corrected chi connectivity index (χ4v) is 6.38. The molecular formula is C21H23N3O3. The Balaban J connectivity index is 1.51. The number of aliphatic hydroxyl groups excluding tert-OH is 1. The van der Waals surface area contributed by atoms with Crippen LogP contribution in [-0.4, -0.2) is 58.8 Å². The number of rotatable bonds is 3. The molecule has 2 spiro atoms. The van der Waals surface area contributed by atoms with Crippen molar-refractivity contribution in [1.29, 1.82) is 0 Å². The number of hydrogen-bond donors (Lipinski definition) is 2. The van der Waals surface area contributed by atoms with Crippen molar-refractivity contribution in [1.82, 2.24) is 15.2 Å². The summed E-state index contributed by atoms with van der Waals surface area (Å²) < 4.78 is 5.33. The molecule has 6 rings (SSSR count). The first kappa shape index (κ1) is 15.8. The van der Waals surface area contributed by atoms with E-state index in [0.29, 0.717) is 6.04 Å². The smallest absolute Gasteiger partial charge is 0.253 e. The van der Waals surface area contributed by atoms with E-state index in [1.807, 2.05) is 24.3 Å². The molecule has 4 heterocycles. The van der Waals surface area contributed by atoms with Crippen molar-refractivity contribution in [2.24, 2.45) is 0 Å². The highest BCUT2D eigenvalue weighted by Gasteiger charge is 2.82. The molecule has 0 radical (unpaired) electrons. The van der Waals surface area contributed by atoms with Crippen molar-refractivity contribution in [2.45, 2.75) is 48.7 Å². The number of methoxy groups -OCH3 is 1. The molecule has 27 heavy (non-hydrogen) atoms. The van der Waals surface area contributed by atoms with Gasteiger partial charge in [-0.25, -0.2) is 0 Å². The average Bonchev–Trinajstić information content (AvgIpc) is 3.11. The Morgan fingerprint density at radius 3 is 3.11 bits per heavy atom. The summed E-state index contributed by atoms with van der Waals surface area (Å²) in [6, 6.07) is 8.38. The summed E-state index contributed by atoms with van der Waals surface area (Å²) in [4.78, 5) is 20.5. The molecule has 1 amide bonds. The van der Waals surface area contributed by atoms with Gasteiger partial charge in [-0.1, -0.05) is 0 Å². The Labute approximate surface area is 157 Å². The van der Waals surface area contributed by atoms with E-state index in [1.54, 1.807) is 7.11 Å². The highest BCUT2D eigenvalue weighted by molar-refractivity contribution is 6.01. The zero-order valence-corrected chi connectivity index (χ0v) is 15.4. The van der Waals surface area contributed by atoms with Crippen molar-refractivity contribution in [3.63, 3.8) is 0 Å². The fraction of sp³-hybridized carbons (Fsp3) is 0.524. The number of hydrogen-bond acceptors (Lipinski definition) is 5. The molecule has 0 unspecified atom stereocenters. The number of ether oxygens (including phenoxy) is 1. The topological polar surface area (TPSA) is 74.7 Å². The molecule has 4 aliphatic rings. The lowest BCUT2D eigenvalue weighted by Gasteiger charge is -2.32. The van der Waals surface area contributed by atoms with Crippen LogP contribution in [0.15, 0.2) is 24.3 Å². The molecule has 1 aromatic heterocycles. The zero-order valence-electron chi connectivity index (χ0n) is 15.4. The number of aromatic nitrogens is 1. The van der Waals surface area contributed by atoms with E-state index >= 15 is 0 Å². The number of carbonyl (C=O) groups excluding carboxylic acids is 1. The molecule has 6 nitrogen and oxygen atoms in total. The first-order valence-corrected chi connectivity index (χ1v) is 9.81. The van der Waals surface area contributed by atoms with E-state index in [-0.39, 0.29) is 29.5 Å². The molecule has 1 aliphatic carbocycles. The second kappa shape index (κ2) is 5.00. The molecule has 140 valence electrons. The first-order valence-electron chi connectivity index (χ1n) is 9.81. The van der Waals surface area contributed by atoms with Gasteiger partial charge in [-0.05, 0) is 49.9 Å². The number of nitrogens with one attached hydrogen (secondary N) is 1. The summed E-state index contributed by atoms with van der Waals surface area (Å²) in [5, 5.41) is 13.7. The van der Waals surface area contributed by atoms with Gasteiger partial charge < -0.3 is 15.2 Å². The number of benzene rings is 1. The van der Waals surface area contributed by atoms with Gasteiger partial charge in [0.25, 0.3) is 5.91 Å². The lowest BCUT2D eigenvalue weighted by Crippen LogP contribution is -2.51. The number of amides is 1. The SMILES string of the molecule is COc1ccc2nc3c(cc2c1)C(=O)N[C@H]1CN2[C@H](CCO)CC[C@]24C[C@]314. The van der Waals surface area contributed by atoms with Gasteiger partial charge in [-0.15, -0.1) is 0 Å². The monoisotopic (exact) mass is 365 g/mol. The van der Waals surface area contributed by atoms with Crippen LogP contribution in [-0.2, 0) is 5.41 Å². The molecule has 2 saturated heterocycles. The Morgan fingerprint density at radius 2 is 2.30 bits per heavy atom. The molecule has 3 fully saturated rings. The van der Waals surface area contributed by atoms with E-state index in [4.69, 9.17) is 9.72 Å². The molecule has 2 N–H and O–H groups in total. The van der Waals surface area contributed by atoms with Gasteiger partial charge in [0, 0.05) is 30.1 Å². The minimum Gasteiger partial charge on any atom is -0.497 e. The quantitative estimate of drug-likeness (QED) is 0.864. The first-order chi connectivity index (χ1) is 13.1. The summed E-state index contributed by atoms with van der Waals surface area (Å²) in [6.07, 6.45) is 4.14. The van der Waals surface area contributed by atoms with E-state index in [9.17, 15) is 9.90 Å². The van der Waals surface area contributed by atoms with Gasteiger partial charge in [0.15, 0.2) is 0 Å². The van der Waals surface area contributed by atoms with Gasteiger partial charge in [0.2, 0.25) is 0 Å². The van der Waals surface area contributed by atoms with E-state index < -0.39 is 0 Å². The van der Waals surface area contributed by atoms with Crippen LogP contribution in [0, 0.1) is 0 Å². The van der Waals surface area contributed by atoms with Crippen molar-refractivity contribution >= 4 is 16.8 Å². The largest absolute Gasteiger partial charge is 0.497 e. The van der Waals surface area contributed by atoms with Crippen molar-refractivity contribution in [2.75, 3.05) is 20.3 Å². The molecule has 2 aromatic rings. The maximum atomic E-state index is 12.9. The van der Waals surface area contributed by atoms with Crippen molar-refractivity contribution in [3.05, 3.63) is 35.5 Å². The van der Waals surface area contributed by atoms with Crippen LogP contribution in [0.2, 0.25) is 0 Å². The standard InChI is InChI=1S/C21H23N3O3/c1-27-14-2-3-16-12(8-14)9-15-18(22-16)21-11-20(21)6-4-13(5-7-25)24(20)10-17(21)23-19(15)26/h2-3,8-9,13,17,25H,4-7,10-11H2,1H3,(H,23,26)/t13-,17-,20+,21+/m0/s1. The van der Waals surface area contributed by atoms with E-state index in [2.05, 4.69) is 10.2 Å². The van der Waals surface area contributed by atoms with Gasteiger partial charge in [-0.3, -0.25) is 14.7 Å². The molecule has 3 aliphatic heterocycles. The number of fused-ring (bicyclic) bond motifs is 2. The Kier molecular flexibility index (Phi) is 2.93. The molecule has 6 heteroatoms. The van der Waals surface area contributed by atoms with Crippen molar-refractivity contribution in [3.8, 4) is 5.75 Å². The number of aliphatic hydroxyl groups is 1. The number of nitrogens with zero attached hydrogens (tertiary/aromatic N) is 2. The summed E-state index contributed by atoms with van der Waals surface area (Å²) >= 11 is 0. The van der Waals surface area contributed by atoms with Gasteiger partial charge in [0.05, 0.1) is 35.3 Å². The zero-order chi connectivity index (χ0) is 18.4. The van der Waals surface area contributed by atoms with Crippen molar-refractivity contribution < 1.29 is 14.6 Å². The average molecular weight is 365 g/mol. The second-order valence-corrected chi connectivity index (χ2v) is 8.51. The van der Waals surface area contributed by atoms with Crippen LogP contribution in [0.3, 0.4) is 0 Å². The summed E-state index contributed by atoms with van der Waals surface area (Å²) in [5.41, 5.74) is 2.68. The van der Waals surface area contributed by atoms with Gasteiger partial charge in [0.1, 0.15) is 5.75 Å². The minimum absolute atomic E-state index is 0.0141. The van der Waals surface area contributed by atoms with Crippen LogP contribution >= 0.6 is 0 Å². The van der Waals surface area contributed by atoms with Crippen LogP contribution in [0.4, 0.5) is 0 Å². The summed E-state index contributed by atoms with van der Waals surface area (Å²) in [6.45, 7) is 1.10. The third-order valence-corrected chi connectivity index (χ3v) is 7.59. The highest BCUT2D eigenvalue weighted by Crippen LogP contribution is 2.73. The number of pyridine rings is 1. The third-order valence-electron chi connectivity index (χ3n) is 7.59. The molecule has 1 aromatic carbocycles. The Bertz CT molecular complexity index is 992. The predicted molar refractivity (Wildman–Crippen MR) is 100 cm³/mol. The molecular weight excluding hydrogens is 342 g/mol. The Morgan fingerprint density at radius 1 is 1.41 bits per heavy atom. The molecule has 4 atom stereocenters. The molecule has 1 saturated carbocycles. The highest BCUT2D eigenvalue weighted by atomic mass is 16.5. The van der Waals surface area contributed by atoms with Crippen LogP contribution < -0.4 is 10.1 Å².